The fraction of sp³-hybridized carbons (Fsp3) is 0.208. The number of fused-ring (bicyclic) bond motifs is 3. The van der Waals surface area contributed by atoms with Gasteiger partial charge in [-0.1, -0.05) is 29.8 Å². The summed E-state index contributed by atoms with van der Waals surface area (Å²) in [7, 11) is 0. The van der Waals surface area contributed by atoms with Gasteiger partial charge in [0, 0.05) is 28.3 Å². The summed E-state index contributed by atoms with van der Waals surface area (Å²) in [4.78, 5) is 28.4. The summed E-state index contributed by atoms with van der Waals surface area (Å²) < 4.78 is 14.8. The second kappa shape index (κ2) is 6.94. The number of nitrogens with zero attached hydrogens (tertiary/aromatic N) is 2. The highest BCUT2D eigenvalue weighted by Crippen LogP contribution is 2.56. The minimum absolute atomic E-state index is 0.0679. The molecule has 2 aromatic rings. The quantitative estimate of drug-likeness (QED) is 0.681. The lowest BCUT2D eigenvalue weighted by Gasteiger charge is -2.43. The Morgan fingerprint density at radius 3 is 2.69 bits per heavy atom. The standard InChI is InChI=1S/C24H18ClFN4O2/c1-12-15(25)10-9-13-21(12)29-23(32)24(13)14(11-27)22(28)30(17-6-3-2-5-16(17)26)18-7-4-8-19(31)20(18)24/h2-3,5-6,9-10H,4,7-8,28H2,1H3,(H,29,32)/t24-/m0/s1. The van der Waals surface area contributed by atoms with Crippen molar-refractivity contribution in [3.8, 4) is 6.07 Å². The number of nitrogens with two attached hydrogens (primary N) is 1. The Hall–Kier alpha value is -3.63. The van der Waals surface area contributed by atoms with Gasteiger partial charge in [-0.15, -0.1) is 0 Å². The fourth-order valence-corrected chi connectivity index (χ4v) is 5.24. The molecule has 0 aromatic heterocycles. The molecule has 0 fully saturated rings. The summed E-state index contributed by atoms with van der Waals surface area (Å²) >= 11 is 6.27. The highest BCUT2D eigenvalue weighted by Gasteiger charge is 2.60. The van der Waals surface area contributed by atoms with Gasteiger partial charge in [-0.3, -0.25) is 14.5 Å². The number of allylic oxidation sites excluding steroid dienone is 1. The number of hydrogen-bond acceptors (Lipinski definition) is 5. The van der Waals surface area contributed by atoms with Gasteiger partial charge in [-0.25, -0.2) is 4.39 Å². The Balaban J connectivity index is 1.91. The van der Waals surface area contributed by atoms with Gasteiger partial charge in [0.05, 0.1) is 16.9 Å². The van der Waals surface area contributed by atoms with E-state index in [4.69, 9.17) is 17.3 Å². The number of nitriles is 1. The predicted molar refractivity (Wildman–Crippen MR) is 118 cm³/mol. The van der Waals surface area contributed by atoms with Crippen molar-refractivity contribution in [1.29, 1.82) is 5.26 Å². The molecule has 3 aliphatic rings. The Morgan fingerprint density at radius 1 is 1.22 bits per heavy atom. The van der Waals surface area contributed by atoms with Gasteiger partial charge < -0.3 is 11.1 Å². The first-order valence-corrected chi connectivity index (χ1v) is 10.5. The molecule has 0 saturated heterocycles. The second-order valence-electron chi connectivity index (χ2n) is 8.06. The maximum atomic E-state index is 14.8. The molecule has 1 spiro atoms. The molecule has 1 amide bonds. The summed E-state index contributed by atoms with van der Waals surface area (Å²) in [6, 6.07) is 11.4. The van der Waals surface area contributed by atoms with Crippen LogP contribution >= 0.6 is 11.6 Å². The van der Waals surface area contributed by atoms with Crippen molar-refractivity contribution in [3.63, 3.8) is 0 Å². The number of carbonyl (C=O) groups is 2. The molecule has 2 heterocycles. The summed E-state index contributed by atoms with van der Waals surface area (Å²) in [5.74, 6) is -1.41. The van der Waals surface area contributed by atoms with Crippen LogP contribution in [0.1, 0.15) is 30.4 Å². The van der Waals surface area contributed by atoms with Crippen LogP contribution in [0.2, 0.25) is 5.02 Å². The summed E-state index contributed by atoms with van der Waals surface area (Å²) in [5, 5.41) is 13.5. The van der Waals surface area contributed by atoms with Gasteiger partial charge in [-0.05, 0) is 43.5 Å². The molecule has 160 valence electrons. The zero-order chi connectivity index (χ0) is 22.8. The third kappa shape index (κ3) is 2.38. The highest BCUT2D eigenvalue weighted by atomic mass is 35.5. The van der Waals surface area contributed by atoms with Crippen molar-refractivity contribution < 1.29 is 14.0 Å². The average molecular weight is 449 g/mol. The number of rotatable bonds is 1. The molecule has 1 aliphatic carbocycles. The maximum Gasteiger partial charge on any atom is 0.245 e. The molecule has 8 heteroatoms. The van der Waals surface area contributed by atoms with Crippen molar-refractivity contribution in [2.75, 3.05) is 10.2 Å². The summed E-state index contributed by atoms with van der Waals surface area (Å²) in [6.07, 6.45) is 1.16. The van der Waals surface area contributed by atoms with Crippen LogP contribution in [0.4, 0.5) is 15.8 Å². The Kier molecular flexibility index (Phi) is 4.40. The van der Waals surface area contributed by atoms with E-state index in [0.717, 1.165) is 0 Å². The van der Waals surface area contributed by atoms with Gasteiger partial charge >= 0.3 is 0 Å². The van der Waals surface area contributed by atoms with E-state index in [1.54, 1.807) is 31.2 Å². The van der Waals surface area contributed by atoms with E-state index >= 15 is 0 Å². The van der Waals surface area contributed by atoms with E-state index < -0.39 is 17.1 Å². The maximum absolute atomic E-state index is 14.8. The Morgan fingerprint density at radius 2 is 1.97 bits per heavy atom. The topological polar surface area (TPSA) is 99.2 Å². The van der Waals surface area contributed by atoms with E-state index in [1.165, 1.54) is 17.0 Å². The molecule has 0 radical (unpaired) electrons. The third-order valence-corrected chi connectivity index (χ3v) is 6.90. The van der Waals surface area contributed by atoms with Crippen molar-refractivity contribution in [1.82, 2.24) is 0 Å². The first-order chi connectivity index (χ1) is 15.3. The van der Waals surface area contributed by atoms with Gasteiger partial charge in [0.1, 0.15) is 23.1 Å². The van der Waals surface area contributed by atoms with Gasteiger partial charge in [0.15, 0.2) is 5.78 Å². The smallest absolute Gasteiger partial charge is 0.245 e. The fourth-order valence-electron chi connectivity index (χ4n) is 5.09. The molecule has 2 aliphatic heterocycles. The van der Waals surface area contributed by atoms with E-state index in [1.807, 2.05) is 0 Å². The summed E-state index contributed by atoms with van der Waals surface area (Å²) in [6.45, 7) is 1.76. The Labute approximate surface area is 188 Å². The first-order valence-electron chi connectivity index (χ1n) is 10.2. The first kappa shape index (κ1) is 20.3. The number of amides is 1. The minimum atomic E-state index is -1.70. The highest BCUT2D eigenvalue weighted by molar-refractivity contribution is 6.32. The third-order valence-electron chi connectivity index (χ3n) is 6.49. The minimum Gasteiger partial charge on any atom is -0.384 e. The molecule has 5 rings (SSSR count). The van der Waals surface area contributed by atoms with E-state index in [-0.39, 0.29) is 34.9 Å². The number of carbonyl (C=O) groups excluding carboxylic acids is 2. The van der Waals surface area contributed by atoms with E-state index in [0.29, 0.717) is 40.4 Å². The lowest BCUT2D eigenvalue weighted by Crippen LogP contribution is -2.50. The largest absolute Gasteiger partial charge is 0.384 e. The van der Waals surface area contributed by atoms with Gasteiger partial charge in [0.2, 0.25) is 5.91 Å². The number of Topliss-reactive ketones (excluding diaryl/α,β-unsaturated/α-hetero) is 1. The van der Waals surface area contributed by atoms with Crippen molar-refractivity contribution in [2.45, 2.75) is 31.6 Å². The number of para-hydroxylation sites is 1. The molecule has 0 bridgehead atoms. The van der Waals surface area contributed by atoms with Crippen LogP contribution < -0.4 is 16.0 Å². The van der Waals surface area contributed by atoms with Crippen molar-refractivity contribution in [3.05, 3.63) is 81.0 Å². The van der Waals surface area contributed by atoms with Crippen LogP contribution in [-0.2, 0) is 15.0 Å². The predicted octanol–water partition coefficient (Wildman–Crippen LogP) is 4.20. The molecule has 2 aromatic carbocycles. The summed E-state index contributed by atoms with van der Waals surface area (Å²) in [5.41, 5.74) is 6.99. The van der Waals surface area contributed by atoms with Crippen LogP contribution in [0.3, 0.4) is 0 Å². The molecule has 32 heavy (non-hydrogen) atoms. The normalized spacial score (nSPS) is 22.1. The van der Waals surface area contributed by atoms with Gasteiger partial charge in [-0.2, -0.15) is 5.26 Å². The number of benzene rings is 2. The van der Waals surface area contributed by atoms with Gasteiger partial charge in [0.25, 0.3) is 0 Å². The zero-order valence-corrected chi connectivity index (χ0v) is 17.9. The van der Waals surface area contributed by atoms with E-state index in [9.17, 15) is 19.2 Å². The Bertz CT molecular complexity index is 1340. The molecule has 3 N–H and O–H groups in total. The lowest BCUT2D eigenvalue weighted by molar-refractivity contribution is -0.122. The van der Waals surface area contributed by atoms with Crippen LogP contribution in [-0.4, -0.2) is 11.7 Å². The number of halogens is 2. The van der Waals surface area contributed by atoms with Crippen molar-refractivity contribution >= 4 is 34.7 Å². The lowest BCUT2D eigenvalue weighted by atomic mass is 9.63. The molecule has 1 atom stereocenters. The van der Waals surface area contributed by atoms with Crippen molar-refractivity contribution in [2.24, 2.45) is 5.73 Å². The zero-order valence-electron chi connectivity index (χ0n) is 17.1. The number of anilines is 2. The van der Waals surface area contributed by atoms with Crippen LogP contribution in [0.25, 0.3) is 0 Å². The molecule has 0 saturated carbocycles. The van der Waals surface area contributed by atoms with Crippen LogP contribution in [0, 0.1) is 24.1 Å². The molecular formula is C24H18ClFN4O2. The van der Waals surface area contributed by atoms with Crippen LogP contribution in [0.5, 0.6) is 0 Å². The molecule has 0 unspecified atom stereocenters. The molecular weight excluding hydrogens is 431 g/mol. The SMILES string of the molecule is Cc1c(Cl)ccc2c1NC(=O)[C@]21C(C#N)=C(N)N(c2ccccc2F)C2=C1C(=O)CCC2. The number of nitrogens with one attached hydrogen (secondary N) is 1. The average Bonchev–Trinajstić information content (AvgIpc) is 3.05. The van der Waals surface area contributed by atoms with E-state index in [2.05, 4.69) is 11.4 Å². The van der Waals surface area contributed by atoms with Crippen LogP contribution in [0.15, 0.2) is 59.1 Å². The monoisotopic (exact) mass is 448 g/mol. The second-order valence-corrected chi connectivity index (χ2v) is 8.46. The number of ketones is 1. The number of hydrogen-bond donors (Lipinski definition) is 2. The molecule has 6 nitrogen and oxygen atoms in total.